The summed E-state index contributed by atoms with van der Waals surface area (Å²) in [6.45, 7) is 4.30. The molecule has 0 aliphatic heterocycles. The van der Waals surface area contributed by atoms with Crippen LogP contribution in [0.4, 0.5) is 5.69 Å². The van der Waals surface area contributed by atoms with E-state index in [0.29, 0.717) is 28.8 Å². The average Bonchev–Trinajstić information content (AvgIpc) is 2.40. The first kappa shape index (κ1) is 15.3. The minimum absolute atomic E-state index is 0.181. The molecule has 0 aromatic heterocycles. The molecule has 2 N–H and O–H groups in total. The van der Waals surface area contributed by atoms with Gasteiger partial charge in [0.05, 0.1) is 31.5 Å². The normalized spacial score (nSPS) is 9.84. The molecule has 6 heteroatoms. The lowest BCUT2D eigenvalue weighted by molar-refractivity contribution is -0.115. The van der Waals surface area contributed by atoms with Crippen molar-refractivity contribution in [1.82, 2.24) is 5.32 Å². The Labute approximate surface area is 117 Å². The minimum Gasteiger partial charge on any atom is -0.495 e. The molecule has 0 saturated carbocycles. The van der Waals surface area contributed by atoms with Crippen molar-refractivity contribution in [2.45, 2.75) is 0 Å². The highest BCUT2D eigenvalue weighted by molar-refractivity contribution is 6.32. The van der Waals surface area contributed by atoms with Gasteiger partial charge in [0.25, 0.3) is 0 Å². The molecule has 5 nitrogen and oxygen atoms in total. The number of amides is 1. The van der Waals surface area contributed by atoms with Gasteiger partial charge in [-0.25, -0.2) is 0 Å². The number of nitrogens with one attached hydrogen (secondary N) is 2. The van der Waals surface area contributed by atoms with E-state index in [-0.39, 0.29) is 12.5 Å². The predicted octanol–water partition coefficient (Wildman–Crippen LogP) is 2.07. The van der Waals surface area contributed by atoms with Crippen molar-refractivity contribution in [3.8, 4) is 11.5 Å². The van der Waals surface area contributed by atoms with E-state index in [2.05, 4.69) is 17.2 Å². The Morgan fingerprint density at radius 1 is 1.37 bits per heavy atom. The van der Waals surface area contributed by atoms with Crippen LogP contribution < -0.4 is 20.1 Å². The summed E-state index contributed by atoms with van der Waals surface area (Å²) in [5, 5.41) is 6.05. The number of hydrogen-bond donors (Lipinski definition) is 2. The second-order valence-corrected chi connectivity index (χ2v) is 4.06. The van der Waals surface area contributed by atoms with E-state index in [1.54, 1.807) is 18.2 Å². The van der Waals surface area contributed by atoms with E-state index >= 15 is 0 Å². The Hall–Kier alpha value is -1.72. The van der Waals surface area contributed by atoms with Crippen molar-refractivity contribution < 1.29 is 14.3 Å². The highest BCUT2D eigenvalue weighted by atomic mass is 35.5. The fourth-order valence-electron chi connectivity index (χ4n) is 1.44. The van der Waals surface area contributed by atoms with Gasteiger partial charge in [-0.15, -0.1) is 6.58 Å². The third-order valence-corrected chi connectivity index (χ3v) is 2.62. The zero-order chi connectivity index (χ0) is 14.3. The molecule has 104 valence electrons. The predicted molar refractivity (Wildman–Crippen MR) is 76.3 cm³/mol. The van der Waals surface area contributed by atoms with Gasteiger partial charge in [0.1, 0.15) is 11.5 Å². The summed E-state index contributed by atoms with van der Waals surface area (Å²) in [6, 6.07) is 3.21. The van der Waals surface area contributed by atoms with E-state index < -0.39 is 0 Å². The van der Waals surface area contributed by atoms with Crippen LogP contribution in [-0.2, 0) is 4.79 Å². The van der Waals surface area contributed by atoms with Crippen molar-refractivity contribution >= 4 is 23.2 Å². The standard InChI is InChI=1S/C13H17ClN2O3/c1-4-5-15-8-13(17)16-10-7-11(18-2)9(14)6-12(10)19-3/h4,6-7,15H,1,5,8H2,2-3H3,(H,16,17). The first-order valence-corrected chi connectivity index (χ1v) is 6.03. The summed E-state index contributed by atoms with van der Waals surface area (Å²) in [5.41, 5.74) is 0.508. The van der Waals surface area contributed by atoms with Crippen molar-refractivity contribution in [3.05, 3.63) is 29.8 Å². The van der Waals surface area contributed by atoms with Crippen LogP contribution in [-0.4, -0.2) is 33.2 Å². The number of hydrogen-bond acceptors (Lipinski definition) is 4. The van der Waals surface area contributed by atoms with Gasteiger partial charge in [-0.05, 0) is 0 Å². The summed E-state index contributed by atoms with van der Waals surface area (Å²) in [6.07, 6.45) is 1.68. The van der Waals surface area contributed by atoms with Crippen LogP contribution in [0.25, 0.3) is 0 Å². The van der Waals surface area contributed by atoms with Gasteiger partial charge in [-0.3, -0.25) is 4.79 Å². The minimum atomic E-state index is -0.190. The van der Waals surface area contributed by atoms with Crippen molar-refractivity contribution in [1.29, 1.82) is 0 Å². The quantitative estimate of drug-likeness (QED) is 0.594. The highest BCUT2D eigenvalue weighted by Crippen LogP contribution is 2.35. The Morgan fingerprint density at radius 2 is 2.05 bits per heavy atom. The summed E-state index contributed by atoms with van der Waals surface area (Å²) >= 11 is 5.98. The molecule has 0 heterocycles. The molecule has 19 heavy (non-hydrogen) atoms. The van der Waals surface area contributed by atoms with Crippen LogP contribution in [0.1, 0.15) is 0 Å². The van der Waals surface area contributed by atoms with Crippen LogP contribution in [0.15, 0.2) is 24.8 Å². The lowest BCUT2D eigenvalue weighted by Crippen LogP contribution is -2.28. The van der Waals surface area contributed by atoms with Gasteiger partial charge in [0.15, 0.2) is 0 Å². The summed E-state index contributed by atoms with van der Waals surface area (Å²) in [7, 11) is 3.01. The second kappa shape index (κ2) is 7.66. The summed E-state index contributed by atoms with van der Waals surface area (Å²) in [4.78, 5) is 11.7. The fourth-order valence-corrected chi connectivity index (χ4v) is 1.67. The third-order valence-electron chi connectivity index (χ3n) is 2.32. The molecule has 0 spiro atoms. The van der Waals surface area contributed by atoms with Gasteiger partial charge in [0.2, 0.25) is 5.91 Å². The van der Waals surface area contributed by atoms with Gasteiger partial charge in [-0.1, -0.05) is 17.7 Å². The Morgan fingerprint density at radius 3 is 2.63 bits per heavy atom. The topological polar surface area (TPSA) is 59.6 Å². The molecule has 1 amide bonds. The maximum atomic E-state index is 11.7. The number of anilines is 1. The Balaban J connectivity index is 2.80. The number of methoxy groups -OCH3 is 2. The molecule has 0 aliphatic rings. The number of benzene rings is 1. The largest absolute Gasteiger partial charge is 0.495 e. The van der Waals surface area contributed by atoms with Crippen LogP contribution in [0.3, 0.4) is 0 Å². The lowest BCUT2D eigenvalue weighted by Gasteiger charge is -2.13. The molecular formula is C13H17ClN2O3. The summed E-state index contributed by atoms with van der Waals surface area (Å²) in [5.74, 6) is 0.754. The number of ether oxygens (including phenoxy) is 2. The Bertz CT molecular complexity index is 463. The monoisotopic (exact) mass is 284 g/mol. The van der Waals surface area contributed by atoms with Gasteiger partial charge in [-0.2, -0.15) is 0 Å². The van der Waals surface area contributed by atoms with Crippen molar-refractivity contribution in [2.75, 3.05) is 32.6 Å². The molecular weight excluding hydrogens is 268 g/mol. The van der Waals surface area contributed by atoms with E-state index in [1.807, 2.05) is 0 Å². The van der Waals surface area contributed by atoms with E-state index in [0.717, 1.165) is 0 Å². The lowest BCUT2D eigenvalue weighted by atomic mass is 10.2. The van der Waals surface area contributed by atoms with Crippen LogP contribution in [0, 0.1) is 0 Å². The van der Waals surface area contributed by atoms with Gasteiger partial charge in [0, 0.05) is 18.7 Å². The Kier molecular flexibility index (Phi) is 6.18. The molecule has 0 radical (unpaired) electrons. The molecule has 0 atom stereocenters. The molecule has 1 aromatic rings. The molecule has 0 aliphatic carbocycles. The van der Waals surface area contributed by atoms with E-state index in [4.69, 9.17) is 21.1 Å². The molecule has 0 bridgehead atoms. The van der Waals surface area contributed by atoms with Crippen LogP contribution >= 0.6 is 11.6 Å². The number of halogens is 1. The number of rotatable bonds is 7. The second-order valence-electron chi connectivity index (χ2n) is 3.65. The number of carbonyl (C=O) groups is 1. The SMILES string of the molecule is C=CCNCC(=O)Nc1cc(OC)c(Cl)cc1OC. The van der Waals surface area contributed by atoms with Crippen LogP contribution in [0.5, 0.6) is 11.5 Å². The maximum absolute atomic E-state index is 11.7. The zero-order valence-corrected chi connectivity index (χ0v) is 11.7. The van der Waals surface area contributed by atoms with Crippen molar-refractivity contribution in [2.24, 2.45) is 0 Å². The number of carbonyl (C=O) groups excluding carboxylic acids is 1. The van der Waals surface area contributed by atoms with Gasteiger partial charge >= 0.3 is 0 Å². The van der Waals surface area contributed by atoms with Crippen LogP contribution in [0.2, 0.25) is 5.02 Å². The molecule has 0 unspecified atom stereocenters. The zero-order valence-electron chi connectivity index (χ0n) is 11.0. The molecule has 1 aromatic carbocycles. The average molecular weight is 285 g/mol. The van der Waals surface area contributed by atoms with Crippen molar-refractivity contribution in [3.63, 3.8) is 0 Å². The van der Waals surface area contributed by atoms with E-state index in [9.17, 15) is 4.79 Å². The highest BCUT2D eigenvalue weighted by Gasteiger charge is 2.12. The molecule has 0 saturated heterocycles. The first-order chi connectivity index (χ1) is 9.12. The summed E-state index contributed by atoms with van der Waals surface area (Å²) < 4.78 is 10.3. The first-order valence-electron chi connectivity index (χ1n) is 5.65. The maximum Gasteiger partial charge on any atom is 0.238 e. The molecule has 1 rings (SSSR count). The third kappa shape index (κ3) is 4.46. The van der Waals surface area contributed by atoms with E-state index in [1.165, 1.54) is 14.2 Å². The van der Waals surface area contributed by atoms with Gasteiger partial charge < -0.3 is 20.1 Å². The fraction of sp³-hybridized carbons (Fsp3) is 0.308. The molecule has 0 fully saturated rings. The smallest absolute Gasteiger partial charge is 0.238 e.